The molecule has 0 aromatic heterocycles. The van der Waals surface area contributed by atoms with E-state index in [9.17, 15) is 0 Å². The van der Waals surface area contributed by atoms with Crippen LogP contribution in [0.5, 0.6) is 0 Å². The minimum absolute atomic E-state index is 0.0340. The van der Waals surface area contributed by atoms with Crippen molar-refractivity contribution in [1.82, 2.24) is 4.90 Å². The molecule has 3 atom stereocenters. The second-order valence-corrected chi connectivity index (χ2v) is 10.7. The lowest BCUT2D eigenvalue weighted by Gasteiger charge is -2.51. The van der Waals surface area contributed by atoms with Crippen LogP contribution in [0.4, 0.5) is 0 Å². The summed E-state index contributed by atoms with van der Waals surface area (Å²) in [5, 5.41) is 0. The minimum Gasteiger partial charge on any atom is -0.378 e. The lowest BCUT2D eigenvalue weighted by atomic mass is 9.59. The van der Waals surface area contributed by atoms with Crippen LogP contribution in [-0.2, 0) is 14.2 Å². The Labute approximate surface area is 182 Å². The number of hydrogen-bond donors (Lipinski definition) is 0. The van der Waals surface area contributed by atoms with Crippen molar-refractivity contribution in [2.45, 2.75) is 86.2 Å². The lowest BCUT2D eigenvalue weighted by Crippen LogP contribution is -2.47. The van der Waals surface area contributed by atoms with Gasteiger partial charge in [0.05, 0.1) is 38.6 Å². The maximum absolute atomic E-state index is 6.55. The lowest BCUT2D eigenvalue weighted by molar-refractivity contribution is -0.139. The van der Waals surface area contributed by atoms with Crippen LogP contribution in [0.3, 0.4) is 0 Å². The fraction of sp³-hybridized carbons (Fsp3) is 1.00. The van der Waals surface area contributed by atoms with Crippen molar-refractivity contribution in [3.63, 3.8) is 0 Å². The topological polar surface area (TPSA) is 30.9 Å². The number of likely N-dealkylation sites (N-methyl/N-ethyl adjacent to an activating group) is 1. The van der Waals surface area contributed by atoms with Crippen molar-refractivity contribution in [2.24, 2.45) is 23.2 Å². The largest absolute Gasteiger partial charge is 0.378 e. The van der Waals surface area contributed by atoms with Gasteiger partial charge in [-0.15, -0.1) is 0 Å². The first-order valence-corrected chi connectivity index (χ1v) is 12.1. The fourth-order valence-corrected chi connectivity index (χ4v) is 5.23. The smallest absolute Gasteiger partial charge is 0.0708 e. The zero-order valence-electron chi connectivity index (χ0n) is 20.9. The van der Waals surface area contributed by atoms with Crippen LogP contribution in [0.15, 0.2) is 0 Å². The number of hydrogen-bond acceptors (Lipinski definition) is 4. The van der Waals surface area contributed by atoms with Crippen LogP contribution >= 0.6 is 0 Å². The highest BCUT2D eigenvalue weighted by atomic mass is 16.5. The summed E-state index contributed by atoms with van der Waals surface area (Å²) in [6.45, 7) is 21.9. The third kappa shape index (κ3) is 10.1. The highest BCUT2D eigenvalue weighted by Crippen LogP contribution is 2.51. The Balaban J connectivity index is 2.27. The molecule has 0 N–H and O–H groups in total. The molecule has 1 fully saturated rings. The van der Waals surface area contributed by atoms with Crippen molar-refractivity contribution in [3.8, 4) is 0 Å². The summed E-state index contributed by atoms with van der Waals surface area (Å²) in [4.78, 5) is 2.32. The summed E-state index contributed by atoms with van der Waals surface area (Å²) < 4.78 is 18.0. The van der Waals surface area contributed by atoms with Crippen LogP contribution in [-0.4, -0.2) is 63.7 Å². The maximum atomic E-state index is 6.55. The molecule has 0 aliphatic heterocycles. The SMILES string of the molecule is CCCC1(OCCOCCOCCN(C)CC(C)C)CC(C)CC(C)(C(C)C)C1. The van der Waals surface area contributed by atoms with Gasteiger partial charge < -0.3 is 19.1 Å². The third-order valence-electron chi connectivity index (χ3n) is 6.66. The molecule has 0 radical (unpaired) electrons. The zero-order chi connectivity index (χ0) is 21.9. The highest BCUT2D eigenvalue weighted by Gasteiger charge is 2.46. The first kappa shape index (κ1) is 26.9. The molecule has 0 aromatic carbocycles. The monoisotopic (exact) mass is 413 g/mol. The molecular formula is C25H51NO3. The van der Waals surface area contributed by atoms with E-state index in [1.54, 1.807) is 0 Å². The molecule has 0 heterocycles. The van der Waals surface area contributed by atoms with Gasteiger partial charge in [0, 0.05) is 13.1 Å². The molecule has 1 rings (SSSR count). The van der Waals surface area contributed by atoms with Gasteiger partial charge in [0.15, 0.2) is 0 Å². The van der Waals surface area contributed by atoms with E-state index in [0.717, 1.165) is 32.0 Å². The predicted molar refractivity (Wildman–Crippen MR) is 124 cm³/mol. The van der Waals surface area contributed by atoms with Gasteiger partial charge in [0.2, 0.25) is 0 Å². The molecule has 4 nitrogen and oxygen atoms in total. The van der Waals surface area contributed by atoms with Gasteiger partial charge in [-0.3, -0.25) is 0 Å². The average molecular weight is 414 g/mol. The summed E-state index contributed by atoms with van der Waals surface area (Å²) in [6, 6.07) is 0. The second kappa shape index (κ2) is 13.3. The molecular weight excluding hydrogens is 362 g/mol. The Hall–Kier alpha value is -0.160. The van der Waals surface area contributed by atoms with Crippen molar-refractivity contribution >= 4 is 0 Å². The molecule has 4 heteroatoms. The van der Waals surface area contributed by atoms with Crippen LogP contribution in [0, 0.1) is 23.2 Å². The van der Waals surface area contributed by atoms with Gasteiger partial charge in [-0.25, -0.2) is 0 Å². The zero-order valence-corrected chi connectivity index (χ0v) is 20.9. The average Bonchev–Trinajstić information content (AvgIpc) is 2.59. The minimum atomic E-state index is 0.0340. The van der Waals surface area contributed by atoms with E-state index in [4.69, 9.17) is 14.2 Å². The van der Waals surface area contributed by atoms with Crippen LogP contribution in [0.25, 0.3) is 0 Å². The summed E-state index contributed by atoms with van der Waals surface area (Å²) >= 11 is 0. The van der Waals surface area contributed by atoms with E-state index in [1.165, 1.54) is 25.7 Å². The molecule has 1 saturated carbocycles. The summed E-state index contributed by atoms with van der Waals surface area (Å²) in [6.07, 6.45) is 6.03. The molecule has 1 aliphatic rings. The Kier molecular flexibility index (Phi) is 12.3. The van der Waals surface area contributed by atoms with Gasteiger partial charge in [-0.1, -0.05) is 54.9 Å². The van der Waals surface area contributed by atoms with Gasteiger partial charge in [0.1, 0.15) is 0 Å². The first-order chi connectivity index (χ1) is 13.6. The van der Waals surface area contributed by atoms with Crippen molar-refractivity contribution < 1.29 is 14.2 Å². The van der Waals surface area contributed by atoms with Gasteiger partial charge in [0.25, 0.3) is 0 Å². The van der Waals surface area contributed by atoms with Crippen LogP contribution in [0.2, 0.25) is 0 Å². The summed E-state index contributed by atoms with van der Waals surface area (Å²) in [5.41, 5.74) is 0.413. The molecule has 0 spiro atoms. The predicted octanol–water partition coefficient (Wildman–Crippen LogP) is 5.65. The fourth-order valence-electron chi connectivity index (χ4n) is 5.23. The maximum Gasteiger partial charge on any atom is 0.0708 e. The number of rotatable bonds is 15. The quantitative estimate of drug-likeness (QED) is 0.325. The summed E-state index contributed by atoms with van der Waals surface area (Å²) in [5.74, 6) is 2.12. The van der Waals surface area contributed by atoms with E-state index in [0.29, 0.717) is 43.7 Å². The molecule has 0 amide bonds. The first-order valence-electron chi connectivity index (χ1n) is 12.1. The number of ether oxygens (including phenoxy) is 3. The molecule has 29 heavy (non-hydrogen) atoms. The van der Waals surface area contributed by atoms with E-state index < -0.39 is 0 Å². The highest BCUT2D eigenvalue weighted by molar-refractivity contribution is 4.97. The van der Waals surface area contributed by atoms with Gasteiger partial charge in [-0.2, -0.15) is 0 Å². The van der Waals surface area contributed by atoms with E-state index >= 15 is 0 Å². The molecule has 174 valence electrons. The normalized spacial score (nSPS) is 28.0. The molecule has 3 unspecified atom stereocenters. The second-order valence-electron chi connectivity index (χ2n) is 10.7. The van der Waals surface area contributed by atoms with E-state index in [2.05, 4.69) is 60.4 Å². The van der Waals surface area contributed by atoms with E-state index in [1.807, 2.05) is 0 Å². The Morgan fingerprint density at radius 2 is 1.59 bits per heavy atom. The molecule has 0 bridgehead atoms. The molecule has 1 aliphatic carbocycles. The van der Waals surface area contributed by atoms with Gasteiger partial charge >= 0.3 is 0 Å². The molecule has 0 aromatic rings. The van der Waals surface area contributed by atoms with Crippen LogP contribution < -0.4 is 0 Å². The van der Waals surface area contributed by atoms with Crippen molar-refractivity contribution in [1.29, 1.82) is 0 Å². The Morgan fingerprint density at radius 1 is 0.966 bits per heavy atom. The Bertz CT molecular complexity index is 428. The van der Waals surface area contributed by atoms with Crippen molar-refractivity contribution in [3.05, 3.63) is 0 Å². The van der Waals surface area contributed by atoms with Crippen molar-refractivity contribution in [2.75, 3.05) is 53.2 Å². The number of nitrogens with zero attached hydrogens (tertiary/aromatic N) is 1. The molecule has 0 saturated heterocycles. The standard InChI is InChI=1S/C25H51NO3/c1-9-10-25(18-23(6)17-24(7,20-25)22(4)5)29-16-15-28-14-13-27-12-11-26(8)19-21(2)3/h21-23H,9-20H2,1-8H3. The summed E-state index contributed by atoms with van der Waals surface area (Å²) in [7, 11) is 2.15. The Morgan fingerprint density at radius 3 is 2.17 bits per heavy atom. The van der Waals surface area contributed by atoms with Crippen LogP contribution in [0.1, 0.15) is 80.6 Å². The van der Waals surface area contributed by atoms with Gasteiger partial charge in [-0.05, 0) is 55.9 Å². The van der Waals surface area contributed by atoms with E-state index in [-0.39, 0.29) is 5.60 Å². The third-order valence-corrected chi connectivity index (χ3v) is 6.66.